The van der Waals surface area contributed by atoms with Crippen molar-refractivity contribution in [1.82, 2.24) is 19.9 Å². The minimum absolute atomic E-state index is 0.561. The molecule has 1 fully saturated rings. The van der Waals surface area contributed by atoms with E-state index in [1.54, 1.807) is 12.5 Å². The molecule has 8 heteroatoms. The molecule has 0 radical (unpaired) electrons. The second-order valence-corrected chi connectivity index (χ2v) is 7.86. The van der Waals surface area contributed by atoms with Gasteiger partial charge in [0.1, 0.15) is 23.7 Å². The number of pyridine rings is 2. The Morgan fingerprint density at radius 2 is 1.42 bits per heavy atom. The molecule has 5 rings (SSSR count). The predicted molar refractivity (Wildman–Crippen MR) is 132 cm³/mol. The van der Waals surface area contributed by atoms with E-state index in [0.29, 0.717) is 18.1 Å². The molecule has 1 aliphatic rings. The van der Waals surface area contributed by atoms with Gasteiger partial charge in [0.15, 0.2) is 11.6 Å². The second-order valence-electron chi connectivity index (χ2n) is 7.86. The summed E-state index contributed by atoms with van der Waals surface area (Å²) in [6.07, 6.45) is 5.20. The van der Waals surface area contributed by atoms with Gasteiger partial charge in [-0.3, -0.25) is 0 Å². The van der Waals surface area contributed by atoms with Crippen molar-refractivity contribution in [1.29, 1.82) is 0 Å². The smallest absolute Gasteiger partial charge is 0.163 e. The van der Waals surface area contributed by atoms with Crippen molar-refractivity contribution in [3.8, 4) is 0 Å². The van der Waals surface area contributed by atoms with Crippen LogP contribution in [0.5, 0.6) is 0 Å². The molecule has 166 valence electrons. The monoisotopic (exact) mass is 438 g/mol. The molecule has 0 amide bonds. The van der Waals surface area contributed by atoms with Crippen LogP contribution in [0.2, 0.25) is 0 Å². The van der Waals surface area contributed by atoms with Crippen molar-refractivity contribution < 1.29 is 0 Å². The van der Waals surface area contributed by atoms with Gasteiger partial charge in [-0.15, -0.1) is 0 Å². The summed E-state index contributed by atoms with van der Waals surface area (Å²) in [6, 6.07) is 22.1. The van der Waals surface area contributed by atoms with E-state index in [4.69, 9.17) is 5.73 Å². The molecule has 2 N–H and O–H groups in total. The van der Waals surface area contributed by atoms with Crippen molar-refractivity contribution in [2.75, 3.05) is 46.6 Å². The van der Waals surface area contributed by atoms with Crippen molar-refractivity contribution in [3.63, 3.8) is 0 Å². The summed E-state index contributed by atoms with van der Waals surface area (Å²) in [5, 5.41) is 0. The van der Waals surface area contributed by atoms with E-state index in [1.165, 1.54) is 0 Å². The van der Waals surface area contributed by atoms with Crippen LogP contribution in [0, 0.1) is 0 Å². The molecule has 3 aromatic heterocycles. The largest absolute Gasteiger partial charge is 0.393 e. The fourth-order valence-electron chi connectivity index (χ4n) is 4.08. The van der Waals surface area contributed by atoms with Gasteiger partial charge in [0.05, 0.1) is 6.54 Å². The third-order valence-corrected chi connectivity index (χ3v) is 5.76. The van der Waals surface area contributed by atoms with Crippen molar-refractivity contribution in [2.24, 2.45) is 0 Å². The number of anilines is 5. The first-order valence-corrected chi connectivity index (χ1v) is 11.0. The van der Waals surface area contributed by atoms with Crippen LogP contribution < -0.4 is 20.4 Å². The van der Waals surface area contributed by atoms with Crippen LogP contribution in [0.15, 0.2) is 85.5 Å². The van der Waals surface area contributed by atoms with Gasteiger partial charge in [0.25, 0.3) is 0 Å². The van der Waals surface area contributed by atoms with Gasteiger partial charge in [0, 0.05) is 38.6 Å². The van der Waals surface area contributed by atoms with Gasteiger partial charge in [-0.1, -0.05) is 42.5 Å². The average Bonchev–Trinajstić information content (AvgIpc) is 2.89. The number of aromatic nitrogens is 4. The summed E-state index contributed by atoms with van der Waals surface area (Å²) in [5.41, 5.74) is 8.40. The lowest BCUT2D eigenvalue weighted by Gasteiger charge is -2.36. The number of hydrogen-bond acceptors (Lipinski definition) is 8. The van der Waals surface area contributed by atoms with Crippen LogP contribution in [0.25, 0.3) is 0 Å². The van der Waals surface area contributed by atoms with Crippen LogP contribution in [-0.4, -0.2) is 46.1 Å². The maximum absolute atomic E-state index is 6.69. The Morgan fingerprint density at radius 3 is 2.12 bits per heavy atom. The SMILES string of the molecule is Nc1c(N2CCN(c3ccccn3)CC2)ncnc1N(Cc1ccccc1)c1ccccn1. The fraction of sp³-hybridized carbons (Fsp3) is 0.200. The number of piperazine rings is 1. The highest BCUT2D eigenvalue weighted by molar-refractivity contribution is 5.79. The predicted octanol–water partition coefficient (Wildman–Crippen LogP) is 3.51. The molecule has 0 saturated carbocycles. The zero-order valence-electron chi connectivity index (χ0n) is 18.3. The Labute approximate surface area is 193 Å². The lowest BCUT2D eigenvalue weighted by molar-refractivity contribution is 0.641. The minimum atomic E-state index is 0.561. The standard InChI is InChI=1S/C25H26N8/c26-23-24(32-16-14-31(15-17-32)21-10-4-6-12-27-21)29-19-30-25(23)33(22-11-5-7-13-28-22)18-20-8-2-1-3-9-20/h1-13,19H,14-18,26H2. The molecule has 8 nitrogen and oxygen atoms in total. The molecule has 0 aliphatic carbocycles. The van der Waals surface area contributed by atoms with Crippen molar-refractivity contribution in [2.45, 2.75) is 6.54 Å². The highest BCUT2D eigenvalue weighted by atomic mass is 15.3. The molecule has 1 saturated heterocycles. The first-order valence-electron chi connectivity index (χ1n) is 11.0. The van der Waals surface area contributed by atoms with E-state index in [0.717, 1.165) is 49.2 Å². The van der Waals surface area contributed by atoms with E-state index in [2.05, 4.69) is 41.9 Å². The zero-order chi connectivity index (χ0) is 22.5. The van der Waals surface area contributed by atoms with E-state index < -0.39 is 0 Å². The highest BCUT2D eigenvalue weighted by Gasteiger charge is 2.24. The molecule has 33 heavy (non-hydrogen) atoms. The Kier molecular flexibility index (Phi) is 5.97. The molecule has 0 atom stereocenters. The highest BCUT2D eigenvalue weighted by Crippen LogP contribution is 2.34. The second kappa shape index (κ2) is 9.52. The first-order chi connectivity index (χ1) is 16.3. The number of nitrogens with zero attached hydrogens (tertiary/aromatic N) is 7. The molecule has 1 aliphatic heterocycles. The average molecular weight is 439 g/mol. The summed E-state index contributed by atoms with van der Waals surface area (Å²) in [5.74, 6) is 3.21. The molecular weight excluding hydrogens is 412 g/mol. The Balaban J connectivity index is 1.41. The van der Waals surface area contributed by atoms with E-state index in [1.807, 2.05) is 65.7 Å². The quantitative estimate of drug-likeness (QED) is 0.489. The van der Waals surface area contributed by atoms with E-state index in [9.17, 15) is 0 Å². The van der Waals surface area contributed by atoms with Crippen molar-refractivity contribution in [3.05, 3.63) is 91.0 Å². The number of rotatable bonds is 6. The van der Waals surface area contributed by atoms with Gasteiger partial charge in [-0.25, -0.2) is 19.9 Å². The van der Waals surface area contributed by atoms with Gasteiger partial charge < -0.3 is 20.4 Å². The number of nitrogen functional groups attached to an aromatic ring is 1. The molecule has 0 spiro atoms. The minimum Gasteiger partial charge on any atom is -0.393 e. The van der Waals surface area contributed by atoms with Crippen LogP contribution >= 0.6 is 0 Å². The molecule has 0 unspecified atom stereocenters. The number of hydrogen-bond donors (Lipinski definition) is 1. The Hall–Kier alpha value is -4.20. The van der Waals surface area contributed by atoms with Crippen LogP contribution in [-0.2, 0) is 6.54 Å². The van der Waals surface area contributed by atoms with Gasteiger partial charge >= 0.3 is 0 Å². The molecule has 4 aromatic rings. The Bertz CT molecular complexity index is 1160. The summed E-state index contributed by atoms with van der Waals surface area (Å²) >= 11 is 0. The van der Waals surface area contributed by atoms with Gasteiger partial charge in [-0.05, 0) is 29.8 Å². The summed E-state index contributed by atoms with van der Waals surface area (Å²) in [4.78, 5) is 24.7. The van der Waals surface area contributed by atoms with Crippen LogP contribution in [0.1, 0.15) is 5.56 Å². The number of benzene rings is 1. The lowest BCUT2D eigenvalue weighted by atomic mass is 10.2. The maximum Gasteiger partial charge on any atom is 0.163 e. The van der Waals surface area contributed by atoms with Crippen molar-refractivity contribution >= 4 is 29.0 Å². The lowest BCUT2D eigenvalue weighted by Crippen LogP contribution is -2.47. The molecule has 0 bridgehead atoms. The zero-order valence-corrected chi connectivity index (χ0v) is 18.3. The summed E-state index contributed by atoms with van der Waals surface area (Å²) < 4.78 is 0. The van der Waals surface area contributed by atoms with Crippen LogP contribution in [0.4, 0.5) is 29.0 Å². The molecular formula is C25H26N8. The van der Waals surface area contributed by atoms with Gasteiger partial charge in [0.2, 0.25) is 0 Å². The third-order valence-electron chi connectivity index (χ3n) is 5.76. The summed E-state index contributed by atoms with van der Waals surface area (Å²) in [6.45, 7) is 3.92. The maximum atomic E-state index is 6.69. The topological polar surface area (TPSA) is 87.3 Å². The van der Waals surface area contributed by atoms with Crippen LogP contribution in [0.3, 0.4) is 0 Å². The van der Waals surface area contributed by atoms with E-state index in [-0.39, 0.29) is 0 Å². The first kappa shape index (κ1) is 20.7. The molecule has 4 heterocycles. The normalized spacial score (nSPS) is 13.7. The fourth-order valence-corrected chi connectivity index (χ4v) is 4.08. The van der Waals surface area contributed by atoms with E-state index >= 15 is 0 Å². The van der Waals surface area contributed by atoms with Gasteiger partial charge in [-0.2, -0.15) is 0 Å². The third kappa shape index (κ3) is 4.55. The summed E-state index contributed by atoms with van der Waals surface area (Å²) in [7, 11) is 0. The number of nitrogens with two attached hydrogens (primary N) is 1. The Morgan fingerprint density at radius 1 is 0.727 bits per heavy atom. The molecule has 1 aromatic carbocycles.